The smallest absolute Gasteiger partial charge is 0.319 e. The van der Waals surface area contributed by atoms with Crippen LogP contribution in [0.2, 0.25) is 5.02 Å². The van der Waals surface area contributed by atoms with E-state index in [9.17, 15) is 9.90 Å². The third-order valence-corrected chi connectivity index (χ3v) is 3.72. The van der Waals surface area contributed by atoms with E-state index in [-0.39, 0.29) is 6.54 Å². The molecule has 0 radical (unpaired) electrons. The van der Waals surface area contributed by atoms with Crippen LogP contribution in [0.15, 0.2) is 46.9 Å². The molecule has 0 fully saturated rings. The minimum Gasteiger partial charge on any atom is -0.441 e. The van der Waals surface area contributed by atoms with Gasteiger partial charge >= 0.3 is 6.03 Å². The Balaban J connectivity index is 1.57. The van der Waals surface area contributed by atoms with Crippen molar-refractivity contribution < 1.29 is 14.3 Å². The lowest BCUT2D eigenvalue weighted by Crippen LogP contribution is -2.32. The standard InChI is InChI=1S/C17H16ClN3O3/c1-10-20-14-7-6-13(8-16(14)24-10)21-17(23)19-9-15(22)11-2-4-12(18)5-3-11/h2-8,15,22H,9H2,1H3,(H2,19,21,23). The largest absolute Gasteiger partial charge is 0.441 e. The van der Waals surface area contributed by atoms with Crippen molar-refractivity contribution in [3.8, 4) is 0 Å². The fourth-order valence-corrected chi connectivity index (χ4v) is 2.41. The second kappa shape index (κ2) is 6.90. The number of aliphatic hydroxyl groups excluding tert-OH is 1. The van der Waals surface area contributed by atoms with Gasteiger partial charge < -0.3 is 20.2 Å². The number of aryl methyl sites for hydroxylation is 1. The molecule has 0 spiro atoms. The van der Waals surface area contributed by atoms with Gasteiger partial charge in [-0.05, 0) is 29.8 Å². The van der Waals surface area contributed by atoms with Crippen molar-refractivity contribution in [1.82, 2.24) is 10.3 Å². The second-order valence-electron chi connectivity index (χ2n) is 5.32. The number of urea groups is 1. The van der Waals surface area contributed by atoms with Crippen LogP contribution >= 0.6 is 11.6 Å². The van der Waals surface area contributed by atoms with Crippen molar-refractivity contribution in [1.29, 1.82) is 0 Å². The van der Waals surface area contributed by atoms with Gasteiger partial charge in [0.25, 0.3) is 0 Å². The van der Waals surface area contributed by atoms with Gasteiger partial charge in [-0.1, -0.05) is 23.7 Å². The molecule has 0 aliphatic heterocycles. The Morgan fingerprint density at radius 3 is 2.79 bits per heavy atom. The number of aliphatic hydroxyl groups is 1. The molecule has 2 aromatic carbocycles. The lowest BCUT2D eigenvalue weighted by atomic mass is 10.1. The quantitative estimate of drug-likeness (QED) is 0.673. The number of amides is 2. The Morgan fingerprint density at radius 2 is 2.04 bits per heavy atom. The van der Waals surface area contributed by atoms with Gasteiger partial charge in [0.2, 0.25) is 0 Å². The molecule has 1 unspecified atom stereocenters. The number of carbonyl (C=O) groups excluding carboxylic acids is 1. The number of halogens is 1. The van der Waals surface area contributed by atoms with E-state index in [4.69, 9.17) is 16.0 Å². The highest BCUT2D eigenvalue weighted by Crippen LogP contribution is 2.20. The van der Waals surface area contributed by atoms with Gasteiger partial charge in [-0.25, -0.2) is 9.78 Å². The van der Waals surface area contributed by atoms with Crippen molar-refractivity contribution in [3.05, 3.63) is 58.9 Å². The average Bonchev–Trinajstić information content (AvgIpc) is 2.92. The molecule has 24 heavy (non-hydrogen) atoms. The van der Waals surface area contributed by atoms with E-state index in [2.05, 4.69) is 15.6 Å². The van der Waals surface area contributed by atoms with Gasteiger partial charge in [-0.2, -0.15) is 0 Å². The summed E-state index contributed by atoms with van der Waals surface area (Å²) >= 11 is 5.80. The summed E-state index contributed by atoms with van der Waals surface area (Å²) in [5, 5.41) is 16.0. The number of benzene rings is 2. The summed E-state index contributed by atoms with van der Waals surface area (Å²) in [4.78, 5) is 16.1. The maximum Gasteiger partial charge on any atom is 0.319 e. The normalized spacial score (nSPS) is 12.1. The number of fused-ring (bicyclic) bond motifs is 1. The number of rotatable bonds is 4. The Labute approximate surface area is 143 Å². The van der Waals surface area contributed by atoms with Crippen LogP contribution in [0.25, 0.3) is 11.1 Å². The van der Waals surface area contributed by atoms with Crippen molar-refractivity contribution in [2.24, 2.45) is 0 Å². The summed E-state index contributed by atoms with van der Waals surface area (Å²) in [6.45, 7) is 1.84. The molecule has 0 bridgehead atoms. The molecule has 0 aliphatic rings. The predicted molar refractivity (Wildman–Crippen MR) is 92.2 cm³/mol. The molecule has 3 rings (SSSR count). The van der Waals surface area contributed by atoms with E-state index in [1.54, 1.807) is 49.4 Å². The minimum absolute atomic E-state index is 0.0805. The van der Waals surface area contributed by atoms with E-state index >= 15 is 0 Å². The monoisotopic (exact) mass is 345 g/mol. The molecule has 3 aromatic rings. The zero-order valence-corrected chi connectivity index (χ0v) is 13.7. The first-order chi connectivity index (χ1) is 11.5. The Kier molecular flexibility index (Phi) is 4.69. The molecular formula is C17H16ClN3O3. The zero-order chi connectivity index (χ0) is 17.1. The number of oxazole rings is 1. The topological polar surface area (TPSA) is 87.4 Å². The fourth-order valence-electron chi connectivity index (χ4n) is 2.29. The number of nitrogens with zero attached hydrogens (tertiary/aromatic N) is 1. The SMILES string of the molecule is Cc1nc2ccc(NC(=O)NCC(O)c3ccc(Cl)cc3)cc2o1. The van der Waals surface area contributed by atoms with E-state index < -0.39 is 12.1 Å². The average molecular weight is 346 g/mol. The van der Waals surface area contributed by atoms with Gasteiger partial charge in [0, 0.05) is 30.2 Å². The number of anilines is 1. The molecule has 0 aliphatic carbocycles. The summed E-state index contributed by atoms with van der Waals surface area (Å²) in [5.41, 5.74) is 2.60. The summed E-state index contributed by atoms with van der Waals surface area (Å²) in [5.74, 6) is 0.567. The summed E-state index contributed by atoms with van der Waals surface area (Å²) < 4.78 is 5.42. The predicted octanol–water partition coefficient (Wildman–Crippen LogP) is 3.64. The number of aromatic nitrogens is 1. The third kappa shape index (κ3) is 3.84. The zero-order valence-electron chi connectivity index (χ0n) is 12.9. The van der Waals surface area contributed by atoms with Crippen LogP contribution in [0, 0.1) is 6.92 Å². The number of hydrogen-bond acceptors (Lipinski definition) is 4. The van der Waals surface area contributed by atoms with E-state index in [0.717, 1.165) is 5.52 Å². The molecule has 1 aromatic heterocycles. The van der Waals surface area contributed by atoms with Crippen molar-refractivity contribution in [2.75, 3.05) is 11.9 Å². The molecule has 124 valence electrons. The summed E-state index contributed by atoms with van der Waals surface area (Å²) in [6, 6.07) is 11.6. The second-order valence-corrected chi connectivity index (χ2v) is 5.75. The van der Waals surface area contributed by atoms with Gasteiger partial charge in [0.05, 0.1) is 6.10 Å². The fraction of sp³-hybridized carbons (Fsp3) is 0.176. The van der Waals surface area contributed by atoms with Crippen molar-refractivity contribution >= 4 is 34.4 Å². The minimum atomic E-state index is -0.813. The molecule has 1 heterocycles. The van der Waals surface area contributed by atoms with Crippen molar-refractivity contribution in [3.63, 3.8) is 0 Å². The molecule has 2 amide bonds. The van der Waals surface area contributed by atoms with E-state index in [1.165, 1.54) is 0 Å². The lowest BCUT2D eigenvalue weighted by Gasteiger charge is -2.13. The van der Waals surface area contributed by atoms with Crippen LogP contribution in [0.5, 0.6) is 0 Å². The summed E-state index contributed by atoms with van der Waals surface area (Å²) in [7, 11) is 0. The van der Waals surface area contributed by atoms with Crippen LogP contribution in [0.4, 0.5) is 10.5 Å². The maximum absolute atomic E-state index is 11.9. The van der Waals surface area contributed by atoms with E-state index in [0.29, 0.717) is 27.7 Å². The van der Waals surface area contributed by atoms with E-state index in [1.807, 2.05) is 0 Å². The van der Waals surface area contributed by atoms with Gasteiger partial charge in [-0.15, -0.1) is 0 Å². The Bertz CT molecular complexity index is 861. The maximum atomic E-state index is 11.9. The van der Waals surface area contributed by atoms with Crippen LogP contribution in [-0.2, 0) is 0 Å². The van der Waals surface area contributed by atoms with Gasteiger partial charge in [0.15, 0.2) is 11.5 Å². The van der Waals surface area contributed by atoms with Gasteiger partial charge in [0.1, 0.15) is 5.52 Å². The molecule has 1 atom stereocenters. The number of nitrogens with one attached hydrogen (secondary N) is 2. The summed E-state index contributed by atoms with van der Waals surface area (Å²) in [6.07, 6.45) is -0.813. The Hall–Kier alpha value is -2.57. The first-order valence-electron chi connectivity index (χ1n) is 7.37. The number of hydrogen-bond donors (Lipinski definition) is 3. The highest BCUT2D eigenvalue weighted by atomic mass is 35.5. The number of carbonyl (C=O) groups is 1. The van der Waals surface area contributed by atoms with Crippen LogP contribution in [0.1, 0.15) is 17.6 Å². The molecule has 3 N–H and O–H groups in total. The van der Waals surface area contributed by atoms with Crippen molar-refractivity contribution in [2.45, 2.75) is 13.0 Å². The van der Waals surface area contributed by atoms with Gasteiger partial charge in [-0.3, -0.25) is 0 Å². The highest BCUT2D eigenvalue weighted by Gasteiger charge is 2.10. The molecule has 6 nitrogen and oxygen atoms in total. The molecule has 0 saturated heterocycles. The third-order valence-electron chi connectivity index (χ3n) is 3.46. The Morgan fingerprint density at radius 1 is 1.29 bits per heavy atom. The van der Waals surface area contributed by atoms with Crippen LogP contribution < -0.4 is 10.6 Å². The first-order valence-corrected chi connectivity index (χ1v) is 7.74. The molecular weight excluding hydrogens is 330 g/mol. The van der Waals surface area contributed by atoms with Crippen LogP contribution in [-0.4, -0.2) is 22.7 Å². The molecule has 7 heteroatoms. The lowest BCUT2D eigenvalue weighted by molar-refractivity contribution is 0.175. The highest BCUT2D eigenvalue weighted by molar-refractivity contribution is 6.30. The first kappa shape index (κ1) is 16.3. The molecule has 0 saturated carbocycles. The van der Waals surface area contributed by atoms with Crippen LogP contribution in [0.3, 0.4) is 0 Å².